The normalized spacial score (nSPS) is 10.6. The van der Waals surface area contributed by atoms with Crippen LogP contribution in [-0.2, 0) is 4.79 Å². The van der Waals surface area contributed by atoms with Crippen molar-refractivity contribution >= 4 is 33.5 Å². The van der Waals surface area contributed by atoms with E-state index in [0.29, 0.717) is 17.0 Å². The Morgan fingerprint density at radius 3 is 2.89 bits per heavy atom. The number of aliphatic carboxylic acids is 1. The van der Waals surface area contributed by atoms with Gasteiger partial charge in [0, 0.05) is 10.7 Å². The summed E-state index contributed by atoms with van der Waals surface area (Å²) < 4.78 is 2.43. The van der Waals surface area contributed by atoms with Gasteiger partial charge in [0.2, 0.25) is 0 Å². The lowest BCUT2D eigenvalue weighted by atomic mass is 10.3. The lowest BCUT2D eigenvalue weighted by Crippen LogP contribution is -2.30. The van der Waals surface area contributed by atoms with Gasteiger partial charge in [0.05, 0.1) is 5.69 Å². The number of nitrogens with one attached hydrogen (secondary N) is 1. The third-order valence-corrected chi connectivity index (χ3v) is 2.84. The monoisotopic (exact) mass is 311 g/mol. The molecule has 0 aromatic carbocycles. The number of amides is 1. The lowest BCUT2D eigenvalue weighted by Gasteiger charge is -2.03. The average molecular weight is 312 g/mol. The van der Waals surface area contributed by atoms with Gasteiger partial charge < -0.3 is 10.4 Å². The molecular formula is C11H10BrN3O3. The van der Waals surface area contributed by atoms with Gasteiger partial charge in [0.1, 0.15) is 17.9 Å². The van der Waals surface area contributed by atoms with Crippen LogP contribution in [0.5, 0.6) is 0 Å². The van der Waals surface area contributed by atoms with Crippen molar-refractivity contribution in [2.75, 3.05) is 6.54 Å². The summed E-state index contributed by atoms with van der Waals surface area (Å²) >= 11 is 3.31. The minimum atomic E-state index is -1.09. The number of rotatable bonds is 3. The number of carbonyl (C=O) groups excluding carboxylic acids is 1. The molecule has 94 valence electrons. The van der Waals surface area contributed by atoms with Crippen LogP contribution in [0.25, 0.3) is 5.65 Å². The Morgan fingerprint density at radius 2 is 2.22 bits per heavy atom. The first-order valence-electron chi connectivity index (χ1n) is 5.13. The molecule has 2 heterocycles. The molecule has 6 nitrogen and oxygen atoms in total. The molecule has 0 radical (unpaired) electrons. The van der Waals surface area contributed by atoms with Crippen molar-refractivity contribution in [3.05, 3.63) is 34.2 Å². The van der Waals surface area contributed by atoms with Crippen molar-refractivity contribution in [3.8, 4) is 0 Å². The van der Waals surface area contributed by atoms with Crippen molar-refractivity contribution < 1.29 is 14.7 Å². The first-order chi connectivity index (χ1) is 8.49. The first kappa shape index (κ1) is 12.6. The zero-order valence-corrected chi connectivity index (χ0v) is 11.1. The number of carboxylic acids is 1. The minimum absolute atomic E-state index is 0.340. The Balaban J connectivity index is 2.43. The second-order valence-corrected chi connectivity index (χ2v) is 4.61. The molecule has 2 rings (SSSR count). The van der Waals surface area contributed by atoms with Crippen molar-refractivity contribution in [2.24, 2.45) is 0 Å². The van der Waals surface area contributed by atoms with Gasteiger partial charge in [-0.05, 0) is 35.0 Å². The van der Waals surface area contributed by atoms with E-state index >= 15 is 0 Å². The van der Waals surface area contributed by atoms with Gasteiger partial charge in [-0.25, -0.2) is 4.98 Å². The number of hydrogen-bond donors (Lipinski definition) is 2. The molecular weight excluding hydrogens is 302 g/mol. The fourth-order valence-corrected chi connectivity index (χ4v) is 1.99. The molecule has 2 N–H and O–H groups in total. The third kappa shape index (κ3) is 2.35. The summed E-state index contributed by atoms with van der Waals surface area (Å²) in [5.41, 5.74) is 1.53. The van der Waals surface area contributed by atoms with E-state index in [1.807, 2.05) is 6.07 Å². The SMILES string of the molecule is Cc1nc2ccc(Br)cn2c1C(=O)NCC(=O)O. The number of fused-ring (bicyclic) bond motifs is 1. The smallest absolute Gasteiger partial charge is 0.322 e. The maximum absolute atomic E-state index is 11.9. The van der Waals surface area contributed by atoms with Crippen LogP contribution in [0.4, 0.5) is 0 Å². The van der Waals surface area contributed by atoms with E-state index in [0.717, 1.165) is 4.47 Å². The summed E-state index contributed by atoms with van der Waals surface area (Å²) in [5, 5.41) is 10.9. The Kier molecular flexibility index (Phi) is 3.33. The van der Waals surface area contributed by atoms with Gasteiger partial charge in [0.15, 0.2) is 0 Å². The second kappa shape index (κ2) is 4.77. The fraction of sp³-hybridized carbons (Fsp3) is 0.182. The van der Waals surface area contributed by atoms with E-state index in [4.69, 9.17) is 5.11 Å². The van der Waals surface area contributed by atoms with Crippen molar-refractivity contribution in [3.63, 3.8) is 0 Å². The summed E-state index contributed by atoms with van der Waals surface area (Å²) in [4.78, 5) is 26.6. The minimum Gasteiger partial charge on any atom is -0.480 e. The molecule has 1 amide bonds. The molecule has 0 aliphatic carbocycles. The van der Waals surface area contributed by atoms with Crippen LogP contribution in [0, 0.1) is 6.92 Å². The maximum atomic E-state index is 11.9. The highest BCUT2D eigenvalue weighted by Crippen LogP contribution is 2.16. The molecule has 18 heavy (non-hydrogen) atoms. The Hall–Kier alpha value is -1.89. The fourth-order valence-electron chi connectivity index (χ4n) is 1.65. The Bertz CT molecular complexity index is 636. The molecule has 0 spiro atoms. The quantitative estimate of drug-likeness (QED) is 0.892. The molecule has 0 bridgehead atoms. The van der Waals surface area contributed by atoms with E-state index < -0.39 is 18.4 Å². The molecule has 2 aromatic rings. The predicted molar refractivity (Wildman–Crippen MR) is 67.6 cm³/mol. The topological polar surface area (TPSA) is 83.7 Å². The van der Waals surface area contributed by atoms with E-state index in [-0.39, 0.29) is 0 Å². The van der Waals surface area contributed by atoms with Crippen LogP contribution in [0.15, 0.2) is 22.8 Å². The average Bonchev–Trinajstić information content (AvgIpc) is 2.61. The zero-order valence-electron chi connectivity index (χ0n) is 9.48. The molecule has 0 unspecified atom stereocenters. The van der Waals surface area contributed by atoms with Crippen LogP contribution in [0.1, 0.15) is 16.2 Å². The second-order valence-electron chi connectivity index (χ2n) is 3.70. The number of carbonyl (C=O) groups is 2. The number of aryl methyl sites for hydroxylation is 1. The van der Waals surface area contributed by atoms with E-state index in [9.17, 15) is 9.59 Å². The van der Waals surface area contributed by atoms with Gasteiger partial charge in [-0.2, -0.15) is 0 Å². The number of imidazole rings is 1. The summed E-state index contributed by atoms with van der Waals surface area (Å²) in [6.07, 6.45) is 1.71. The molecule has 0 atom stereocenters. The largest absolute Gasteiger partial charge is 0.480 e. The summed E-state index contributed by atoms with van der Waals surface area (Å²) in [5.74, 6) is -1.54. The highest BCUT2D eigenvalue weighted by atomic mass is 79.9. The molecule has 0 fully saturated rings. The van der Waals surface area contributed by atoms with Gasteiger partial charge in [-0.1, -0.05) is 0 Å². The first-order valence-corrected chi connectivity index (χ1v) is 5.92. The third-order valence-electron chi connectivity index (χ3n) is 2.37. The number of carboxylic acid groups (broad SMARTS) is 1. The van der Waals surface area contributed by atoms with Crippen molar-refractivity contribution in [1.82, 2.24) is 14.7 Å². The standard InChI is InChI=1S/C11H10BrN3O3/c1-6-10(11(18)13-4-9(16)17)15-5-7(12)2-3-8(15)14-6/h2-3,5H,4H2,1H3,(H,13,18)(H,16,17). The molecule has 0 aliphatic heterocycles. The number of halogens is 1. The Labute approximate surface area is 111 Å². The van der Waals surface area contributed by atoms with Crippen LogP contribution in [0.2, 0.25) is 0 Å². The van der Waals surface area contributed by atoms with Crippen LogP contribution in [0.3, 0.4) is 0 Å². The number of hydrogen-bond acceptors (Lipinski definition) is 3. The van der Waals surface area contributed by atoms with Gasteiger partial charge in [-0.15, -0.1) is 0 Å². The highest BCUT2D eigenvalue weighted by Gasteiger charge is 2.17. The van der Waals surface area contributed by atoms with Crippen LogP contribution >= 0.6 is 15.9 Å². The summed E-state index contributed by atoms with van der Waals surface area (Å²) in [6.45, 7) is 1.29. The highest BCUT2D eigenvalue weighted by molar-refractivity contribution is 9.10. The van der Waals surface area contributed by atoms with E-state index in [2.05, 4.69) is 26.2 Å². The number of nitrogens with zero attached hydrogens (tertiary/aromatic N) is 2. The maximum Gasteiger partial charge on any atom is 0.322 e. The van der Waals surface area contributed by atoms with E-state index in [1.165, 1.54) is 0 Å². The van der Waals surface area contributed by atoms with Gasteiger partial charge >= 0.3 is 5.97 Å². The molecule has 7 heteroatoms. The van der Waals surface area contributed by atoms with Crippen molar-refractivity contribution in [1.29, 1.82) is 0 Å². The number of aromatic nitrogens is 2. The summed E-state index contributed by atoms with van der Waals surface area (Å²) in [7, 11) is 0. The lowest BCUT2D eigenvalue weighted by molar-refractivity contribution is -0.135. The van der Waals surface area contributed by atoms with Crippen LogP contribution < -0.4 is 5.32 Å². The van der Waals surface area contributed by atoms with E-state index in [1.54, 1.807) is 23.6 Å². The Morgan fingerprint density at radius 1 is 1.50 bits per heavy atom. The predicted octanol–water partition coefficient (Wildman–Crippen LogP) is 1.22. The van der Waals surface area contributed by atoms with Crippen molar-refractivity contribution in [2.45, 2.75) is 6.92 Å². The summed E-state index contributed by atoms with van der Waals surface area (Å²) in [6, 6.07) is 3.59. The molecule has 0 saturated carbocycles. The molecule has 2 aromatic heterocycles. The van der Waals surface area contributed by atoms with Crippen LogP contribution in [-0.4, -0.2) is 32.9 Å². The van der Waals surface area contributed by atoms with Gasteiger partial charge in [-0.3, -0.25) is 14.0 Å². The van der Waals surface area contributed by atoms with Gasteiger partial charge in [0.25, 0.3) is 5.91 Å². The molecule has 0 saturated heterocycles. The molecule has 0 aliphatic rings. The zero-order chi connectivity index (χ0) is 13.3. The number of pyridine rings is 1.